The van der Waals surface area contributed by atoms with Crippen LogP contribution in [-0.4, -0.2) is 26.4 Å². The molecular formula is C20H19FN2O4. The van der Waals surface area contributed by atoms with Crippen molar-refractivity contribution < 1.29 is 23.4 Å². The van der Waals surface area contributed by atoms with Crippen molar-refractivity contribution in [2.24, 2.45) is 5.92 Å². The van der Waals surface area contributed by atoms with Crippen molar-refractivity contribution in [2.45, 2.75) is 6.42 Å². The number of hydrogen-bond acceptors (Lipinski definition) is 5. The van der Waals surface area contributed by atoms with Gasteiger partial charge in [0.15, 0.2) is 6.73 Å². The number of carbonyl (C=O) groups excluding carboxylic acids is 1. The summed E-state index contributed by atoms with van der Waals surface area (Å²) in [5.74, 6) is 0.878. The van der Waals surface area contributed by atoms with Gasteiger partial charge in [-0.2, -0.15) is 0 Å². The molecule has 27 heavy (non-hydrogen) atoms. The van der Waals surface area contributed by atoms with Crippen molar-refractivity contribution in [1.82, 2.24) is 5.32 Å². The average molecular weight is 370 g/mol. The summed E-state index contributed by atoms with van der Waals surface area (Å²) in [6.07, 6.45) is 2.15. The van der Waals surface area contributed by atoms with E-state index in [1.165, 1.54) is 6.07 Å². The first-order valence-corrected chi connectivity index (χ1v) is 8.61. The van der Waals surface area contributed by atoms with E-state index in [0.717, 1.165) is 11.3 Å². The Morgan fingerprint density at radius 1 is 1.26 bits per heavy atom. The largest absolute Gasteiger partial charge is 0.497 e. The molecule has 1 atom stereocenters. The number of hydrogen-bond donors (Lipinski definition) is 2. The Balaban J connectivity index is 1.45. The van der Waals surface area contributed by atoms with Gasteiger partial charge in [-0.05, 0) is 48.4 Å². The Labute approximate surface area is 155 Å². The summed E-state index contributed by atoms with van der Waals surface area (Å²) in [6.45, 7) is 0.597. The van der Waals surface area contributed by atoms with Crippen LogP contribution < -0.4 is 20.1 Å². The van der Waals surface area contributed by atoms with Crippen LogP contribution in [0.3, 0.4) is 0 Å². The normalized spacial score (nSPS) is 17.7. The van der Waals surface area contributed by atoms with Gasteiger partial charge in [-0.3, -0.25) is 4.79 Å². The van der Waals surface area contributed by atoms with Gasteiger partial charge in [0.2, 0.25) is 5.91 Å². The molecule has 2 heterocycles. The van der Waals surface area contributed by atoms with Crippen LogP contribution in [0.2, 0.25) is 0 Å². The number of nitrogens with one attached hydrogen (secondary N) is 2. The van der Waals surface area contributed by atoms with E-state index in [-0.39, 0.29) is 18.4 Å². The molecule has 140 valence electrons. The van der Waals surface area contributed by atoms with Crippen LogP contribution >= 0.6 is 0 Å². The number of ether oxygens (including phenoxy) is 3. The molecule has 7 heteroatoms. The molecule has 1 unspecified atom stereocenters. The number of fused-ring (bicyclic) bond motifs is 1. The lowest BCUT2D eigenvalue weighted by atomic mass is 9.95. The van der Waals surface area contributed by atoms with Gasteiger partial charge in [0, 0.05) is 11.9 Å². The minimum atomic E-state index is -0.460. The van der Waals surface area contributed by atoms with Crippen LogP contribution in [0.1, 0.15) is 11.1 Å². The van der Waals surface area contributed by atoms with Crippen molar-refractivity contribution in [3.63, 3.8) is 0 Å². The number of rotatable bonds is 4. The van der Waals surface area contributed by atoms with Crippen LogP contribution in [0.25, 0.3) is 5.76 Å². The minimum absolute atomic E-state index is 0.214. The molecule has 2 aliphatic rings. The molecule has 0 aliphatic carbocycles. The van der Waals surface area contributed by atoms with Gasteiger partial charge in [-0.25, -0.2) is 4.39 Å². The number of anilines is 1. The fourth-order valence-corrected chi connectivity index (χ4v) is 3.15. The lowest BCUT2D eigenvalue weighted by Gasteiger charge is -2.25. The Bertz CT molecular complexity index is 913. The summed E-state index contributed by atoms with van der Waals surface area (Å²) >= 11 is 0. The van der Waals surface area contributed by atoms with Crippen molar-refractivity contribution >= 4 is 17.4 Å². The molecule has 0 saturated carbocycles. The highest BCUT2D eigenvalue weighted by atomic mass is 19.1. The zero-order valence-corrected chi connectivity index (χ0v) is 14.8. The van der Waals surface area contributed by atoms with E-state index in [9.17, 15) is 9.18 Å². The molecule has 0 spiro atoms. The van der Waals surface area contributed by atoms with Crippen LogP contribution in [0.15, 0.2) is 42.6 Å². The molecule has 2 N–H and O–H groups in total. The minimum Gasteiger partial charge on any atom is -0.497 e. The van der Waals surface area contributed by atoms with Gasteiger partial charge in [0.1, 0.15) is 29.7 Å². The van der Waals surface area contributed by atoms with Crippen molar-refractivity contribution in [3.05, 3.63) is 59.5 Å². The fourth-order valence-electron chi connectivity index (χ4n) is 3.15. The third-order valence-corrected chi connectivity index (χ3v) is 4.59. The summed E-state index contributed by atoms with van der Waals surface area (Å²) in [5, 5.41) is 5.62. The second kappa shape index (κ2) is 7.19. The second-order valence-corrected chi connectivity index (χ2v) is 6.37. The Kier molecular flexibility index (Phi) is 4.58. The maximum atomic E-state index is 14.3. The molecule has 6 nitrogen and oxygen atoms in total. The summed E-state index contributed by atoms with van der Waals surface area (Å²) in [7, 11) is 1.59. The summed E-state index contributed by atoms with van der Waals surface area (Å²) in [4.78, 5) is 12.6. The molecule has 4 rings (SSSR count). The Hall–Kier alpha value is -3.22. The molecule has 0 radical (unpaired) electrons. The average Bonchev–Trinajstić information content (AvgIpc) is 3.21. The lowest BCUT2D eigenvalue weighted by molar-refractivity contribution is -0.121. The smallest absolute Gasteiger partial charge is 0.231 e. The molecular weight excluding hydrogens is 351 g/mol. The van der Waals surface area contributed by atoms with Crippen LogP contribution in [-0.2, 0) is 16.0 Å². The van der Waals surface area contributed by atoms with E-state index in [2.05, 4.69) is 10.6 Å². The van der Waals surface area contributed by atoms with Gasteiger partial charge in [-0.1, -0.05) is 0 Å². The molecule has 0 bridgehead atoms. The predicted molar refractivity (Wildman–Crippen MR) is 97.8 cm³/mol. The first-order valence-electron chi connectivity index (χ1n) is 8.61. The van der Waals surface area contributed by atoms with Crippen LogP contribution in [0.5, 0.6) is 11.5 Å². The third-order valence-electron chi connectivity index (χ3n) is 4.59. The van der Waals surface area contributed by atoms with Gasteiger partial charge >= 0.3 is 0 Å². The van der Waals surface area contributed by atoms with Gasteiger partial charge in [0.25, 0.3) is 0 Å². The Morgan fingerprint density at radius 2 is 2.15 bits per heavy atom. The standard InChI is InChI=1S/C20H19FN2O4/c1-25-15-3-5-18-12(7-15)6-13(10-26-18)20(24)23-14-2-4-16(17(21)8-14)19-9-22-11-27-19/h2-5,7-9,13,22H,6,10-11H2,1H3,(H,23,24). The fraction of sp³-hybridized carbons (Fsp3) is 0.250. The molecule has 2 aliphatic heterocycles. The molecule has 1 amide bonds. The summed E-state index contributed by atoms with van der Waals surface area (Å²) < 4.78 is 30.5. The predicted octanol–water partition coefficient (Wildman–Crippen LogP) is 2.90. The topological polar surface area (TPSA) is 68.8 Å². The van der Waals surface area contributed by atoms with Crippen molar-refractivity contribution in [2.75, 3.05) is 25.8 Å². The van der Waals surface area contributed by atoms with Crippen molar-refractivity contribution in [3.8, 4) is 11.5 Å². The Morgan fingerprint density at radius 3 is 2.89 bits per heavy atom. The third kappa shape index (κ3) is 3.53. The highest BCUT2D eigenvalue weighted by Gasteiger charge is 2.26. The molecule has 0 fully saturated rings. The molecule has 0 saturated heterocycles. The number of carbonyl (C=O) groups is 1. The lowest BCUT2D eigenvalue weighted by Crippen LogP contribution is -2.32. The van der Waals surface area contributed by atoms with E-state index < -0.39 is 5.82 Å². The highest BCUT2D eigenvalue weighted by Crippen LogP contribution is 2.31. The van der Waals surface area contributed by atoms with Crippen LogP contribution in [0.4, 0.5) is 10.1 Å². The first-order chi connectivity index (χ1) is 13.1. The summed E-state index contributed by atoms with van der Waals surface area (Å²) in [5.41, 5.74) is 1.66. The second-order valence-electron chi connectivity index (χ2n) is 6.37. The zero-order valence-electron chi connectivity index (χ0n) is 14.8. The van der Waals surface area contributed by atoms with Gasteiger partial charge < -0.3 is 24.8 Å². The van der Waals surface area contributed by atoms with Crippen molar-refractivity contribution in [1.29, 1.82) is 0 Å². The van der Waals surface area contributed by atoms with E-state index in [0.29, 0.717) is 35.9 Å². The number of halogens is 1. The molecule has 2 aromatic rings. The zero-order chi connectivity index (χ0) is 18.8. The number of methoxy groups -OCH3 is 1. The summed E-state index contributed by atoms with van der Waals surface area (Å²) in [6, 6.07) is 10.1. The molecule has 2 aromatic carbocycles. The van der Waals surface area contributed by atoms with E-state index in [1.807, 2.05) is 18.2 Å². The van der Waals surface area contributed by atoms with Crippen LogP contribution in [0, 0.1) is 11.7 Å². The maximum Gasteiger partial charge on any atom is 0.231 e. The number of benzene rings is 2. The van der Waals surface area contributed by atoms with E-state index in [4.69, 9.17) is 14.2 Å². The van der Waals surface area contributed by atoms with Gasteiger partial charge in [-0.15, -0.1) is 0 Å². The quantitative estimate of drug-likeness (QED) is 0.866. The van der Waals surface area contributed by atoms with E-state index >= 15 is 0 Å². The maximum absolute atomic E-state index is 14.3. The monoisotopic (exact) mass is 370 g/mol. The molecule has 0 aromatic heterocycles. The number of amides is 1. The van der Waals surface area contributed by atoms with E-state index in [1.54, 1.807) is 25.4 Å². The SMILES string of the molecule is COc1ccc2c(c1)CC(C(=O)Nc1ccc(C3=CNCO3)c(F)c1)CO2. The highest BCUT2D eigenvalue weighted by molar-refractivity contribution is 5.93. The van der Waals surface area contributed by atoms with Gasteiger partial charge in [0.05, 0.1) is 18.6 Å². The first kappa shape index (κ1) is 17.2.